The zero-order valence-electron chi connectivity index (χ0n) is 15.9. The SMILES string of the molecule is COC(=O)c1ccccc1-c1ccc(CC(C)(C)C2CN(C(=O)O)C2)cc1. The van der Waals surface area contributed by atoms with E-state index in [0.717, 1.165) is 17.5 Å². The van der Waals surface area contributed by atoms with Crippen molar-refractivity contribution in [3.05, 3.63) is 59.7 Å². The van der Waals surface area contributed by atoms with Crippen LogP contribution in [0.2, 0.25) is 0 Å². The molecule has 1 N–H and O–H groups in total. The highest BCUT2D eigenvalue weighted by molar-refractivity contribution is 5.97. The fraction of sp³-hybridized carbons (Fsp3) is 0.364. The van der Waals surface area contributed by atoms with E-state index < -0.39 is 6.09 Å². The van der Waals surface area contributed by atoms with Gasteiger partial charge < -0.3 is 14.7 Å². The lowest BCUT2D eigenvalue weighted by Gasteiger charge is -2.46. The van der Waals surface area contributed by atoms with Crippen molar-refractivity contribution in [1.29, 1.82) is 0 Å². The van der Waals surface area contributed by atoms with Crippen LogP contribution in [-0.4, -0.2) is 42.3 Å². The van der Waals surface area contributed by atoms with Gasteiger partial charge in [-0.25, -0.2) is 9.59 Å². The Hall–Kier alpha value is -2.82. The molecule has 1 aliphatic heterocycles. The second-order valence-corrected chi connectivity index (χ2v) is 7.78. The van der Waals surface area contributed by atoms with Crippen molar-refractivity contribution in [2.45, 2.75) is 20.3 Å². The second-order valence-electron chi connectivity index (χ2n) is 7.78. The van der Waals surface area contributed by atoms with Gasteiger partial charge in [-0.2, -0.15) is 0 Å². The molecule has 0 saturated carbocycles. The molecule has 2 aromatic carbocycles. The lowest BCUT2D eigenvalue weighted by Crippen LogP contribution is -2.55. The van der Waals surface area contributed by atoms with Crippen LogP contribution in [0, 0.1) is 11.3 Å². The molecule has 1 amide bonds. The number of amides is 1. The Bertz CT molecular complexity index is 836. The van der Waals surface area contributed by atoms with Crippen molar-refractivity contribution in [3.8, 4) is 11.1 Å². The number of ether oxygens (including phenoxy) is 1. The molecule has 0 radical (unpaired) electrons. The molecule has 5 nitrogen and oxygen atoms in total. The van der Waals surface area contributed by atoms with Crippen molar-refractivity contribution in [1.82, 2.24) is 4.90 Å². The van der Waals surface area contributed by atoms with E-state index >= 15 is 0 Å². The molecule has 0 aromatic heterocycles. The highest BCUT2D eigenvalue weighted by Gasteiger charge is 2.40. The molecule has 0 unspecified atom stereocenters. The molecule has 1 aliphatic rings. The maximum Gasteiger partial charge on any atom is 0.407 e. The van der Waals surface area contributed by atoms with Crippen molar-refractivity contribution in [3.63, 3.8) is 0 Å². The Balaban J connectivity index is 1.73. The third-order valence-corrected chi connectivity index (χ3v) is 5.51. The number of nitrogens with zero attached hydrogens (tertiary/aromatic N) is 1. The molecule has 3 rings (SSSR count). The van der Waals surface area contributed by atoms with Gasteiger partial charge in [0.15, 0.2) is 0 Å². The van der Waals surface area contributed by atoms with Gasteiger partial charge in [-0.15, -0.1) is 0 Å². The summed E-state index contributed by atoms with van der Waals surface area (Å²) in [6.45, 7) is 5.59. The molecule has 0 aliphatic carbocycles. The average molecular weight is 367 g/mol. The summed E-state index contributed by atoms with van der Waals surface area (Å²) in [6, 6.07) is 15.6. The number of benzene rings is 2. The smallest absolute Gasteiger partial charge is 0.407 e. The summed E-state index contributed by atoms with van der Waals surface area (Å²) >= 11 is 0. The Morgan fingerprint density at radius 2 is 1.74 bits per heavy atom. The number of carboxylic acid groups (broad SMARTS) is 1. The van der Waals surface area contributed by atoms with Gasteiger partial charge in [-0.05, 0) is 40.5 Å². The van der Waals surface area contributed by atoms with Crippen molar-refractivity contribution >= 4 is 12.1 Å². The predicted molar refractivity (Wildman–Crippen MR) is 104 cm³/mol. The first kappa shape index (κ1) is 19.0. The molecule has 27 heavy (non-hydrogen) atoms. The van der Waals surface area contributed by atoms with E-state index in [1.54, 1.807) is 6.07 Å². The largest absolute Gasteiger partial charge is 0.465 e. The van der Waals surface area contributed by atoms with Gasteiger partial charge >= 0.3 is 12.1 Å². The molecule has 5 heteroatoms. The highest BCUT2D eigenvalue weighted by Crippen LogP contribution is 2.37. The van der Waals surface area contributed by atoms with Crippen LogP contribution >= 0.6 is 0 Å². The topological polar surface area (TPSA) is 66.8 Å². The lowest BCUT2D eigenvalue weighted by atomic mass is 9.71. The first-order valence-electron chi connectivity index (χ1n) is 9.06. The number of carbonyl (C=O) groups excluding carboxylic acids is 1. The number of carbonyl (C=O) groups is 2. The summed E-state index contributed by atoms with van der Waals surface area (Å²) in [6.07, 6.45) is 0.0417. The van der Waals surface area contributed by atoms with E-state index in [-0.39, 0.29) is 11.4 Å². The van der Waals surface area contributed by atoms with Crippen LogP contribution in [0.1, 0.15) is 29.8 Å². The Labute approximate surface area is 159 Å². The van der Waals surface area contributed by atoms with E-state index in [1.165, 1.54) is 17.6 Å². The van der Waals surface area contributed by atoms with Crippen LogP contribution in [0.3, 0.4) is 0 Å². The monoisotopic (exact) mass is 367 g/mol. The van der Waals surface area contributed by atoms with Crippen LogP contribution in [-0.2, 0) is 11.2 Å². The van der Waals surface area contributed by atoms with Crippen LogP contribution in [0.4, 0.5) is 4.79 Å². The summed E-state index contributed by atoms with van der Waals surface area (Å²) in [5, 5.41) is 9.02. The fourth-order valence-electron chi connectivity index (χ4n) is 3.62. The molecule has 0 atom stereocenters. The van der Waals surface area contributed by atoms with E-state index in [1.807, 2.05) is 30.3 Å². The molecule has 2 aromatic rings. The minimum Gasteiger partial charge on any atom is -0.465 e. The van der Waals surface area contributed by atoms with Crippen LogP contribution in [0.15, 0.2) is 48.5 Å². The van der Waals surface area contributed by atoms with Gasteiger partial charge in [0.2, 0.25) is 0 Å². The molecule has 0 spiro atoms. The summed E-state index contributed by atoms with van der Waals surface area (Å²) in [5.41, 5.74) is 3.60. The van der Waals surface area contributed by atoms with Gasteiger partial charge in [0.1, 0.15) is 0 Å². The Morgan fingerprint density at radius 3 is 2.33 bits per heavy atom. The molecule has 0 bridgehead atoms. The molecule has 1 fully saturated rings. The van der Waals surface area contributed by atoms with Crippen LogP contribution in [0.25, 0.3) is 11.1 Å². The Kier molecular flexibility index (Phi) is 5.22. The minimum absolute atomic E-state index is 0.0252. The number of methoxy groups -OCH3 is 1. The average Bonchev–Trinajstić information content (AvgIpc) is 2.59. The maximum absolute atomic E-state index is 12.0. The normalized spacial score (nSPS) is 14.6. The Morgan fingerprint density at radius 1 is 1.11 bits per heavy atom. The van der Waals surface area contributed by atoms with Crippen molar-refractivity contribution in [2.75, 3.05) is 20.2 Å². The van der Waals surface area contributed by atoms with Gasteiger partial charge in [0.25, 0.3) is 0 Å². The number of likely N-dealkylation sites (tertiary alicyclic amines) is 1. The zero-order chi connectivity index (χ0) is 19.6. The first-order chi connectivity index (χ1) is 12.8. The number of rotatable bonds is 5. The molecule has 1 heterocycles. The molecular weight excluding hydrogens is 342 g/mol. The maximum atomic E-state index is 12.0. The molecular formula is C22H25NO4. The fourth-order valence-corrected chi connectivity index (χ4v) is 3.62. The van der Waals surface area contributed by atoms with Crippen LogP contribution < -0.4 is 0 Å². The van der Waals surface area contributed by atoms with Gasteiger partial charge in [-0.3, -0.25) is 0 Å². The lowest BCUT2D eigenvalue weighted by molar-refractivity contribution is 0.0222. The van der Waals surface area contributed by atoms with Gasteiger partial charge in [-0.1, -0.05) is 56.3 Å². The predicted octanol–water partition coefficient (Wildman–Crippen LogP) is 4.32. The number of hydrogen-bond donors (Lipinski definition) is 1. The summed E-state index contributed by atoms with van der Waals surface area (Å²) in [4.78, 5) is 24.4. The standard InChI is InChI=1S/C22H25NO4/c1-22(2,17-13-23(14-17)21(25)26)12-15-8-10-16(11-9-15)18-6-4-5-7-19(18)20(24)27-3/h4-11,17H,12-14H2,1-3H3,(H,25,26). The summed E-state index contributed by atoms with van der Waals surface area (Å²) in [5.74, 6) is 0.0251. The highest BCUT2D eigenvalue weighted by atomic mass is 16.5. The summed E-state index contributed by atoms with van der Waals surface area (Å²) in [7, 11) is 1.39. The van der Waals surface area contributed by atoms with E-state index in [4.69, 9.17) is 9.84 Å². The van der Waals surface area contributed by atoms with E-state index in [2.05, 4.69) is 26.0 Å². The number of esters is 1. The third-order valence-electron chi connectivity index (χ3n) is 5.51. The second kappa shape index (κ2) is 7.43. The minimum atomic E-state index is -0.837. The zero-order valence-corrected chi connectivity index (χ0v) is 15.9. The molecule has 1 saturated heterocycles. The third kappa shape index (κ3) is 3.97. The quantitative estimate of drug-likeness (QED) is 0.799. The van der Waals surface area contributed by atoms with E-state index in [9.17, 15) is 9.59 Å². The summed E-state index contributed by atoms with van der Waals surface area (Å²) < 4.78 is 4.87. The van der Waals surface area contributed by atoms with E-state index in [0.29, 0.717) is 24.6 Å². The first-order valence-corrected chi connectivity index (χ1v) is 9.06. The van der Waals surface area contributed by atoms with Crippen molar-refractivity contribution in [2.24, 2.45) is 11.3 Å². The van der Waals surface area contributed by atoms with Gasteiger partial charge in [0, 0.05) is 13.1 Å². The van der Waals surface area contributed by atoms with Crippen LogP contribution in [0.5, 0.6) is 0 Å². The van der Waals surface area contributed by atoms with Crippen molar-refractivity contribution < 1.29 is 19.4 Å². The molecule has 142 valence electrons. The number of hydrogen-bond acceptors (Lipinski definition) is 3. The van der Waals surface area contributed by atoms with Gasteiger partial charge in [0.05, 0.1) is 12.7 Å².